The summed E-state index contributed by atoms with van der Waals surface area (Å²) < 4.78 is 23.6. The van der Waals surface area contributed by atoms with Crippen LogP contribution in [0.4, 0.5) is 8.78 Å². The van der Waals surface area contributed by atoms with E-state index in [-0.39, 0.29) is 6.04 Å². The Balaban J connectivity index is 2.33. The summed E-state index contributed by atoms with van der Waals surface area (Å²) in [6, 6.07) is -0.204. The van der Waals surface area contributed by atoms with Crippen molar-refractivity contribution in [3.05, 3.63) is 0 Å². The standard InChI is InChI=1S/C6H10F2N2/c1-3(9)10-5-2-4(5)6(7)8/h4-6H,2H2,1H3,(H2,9,10)/t4-,5-/m0/s1. The monoisotopic (exact) mass is 148 g/mol. The zero-order valence-electron chi connectivity index (χ0n) is 5.72. The van der Waals surface area contributed by atoms with Gasteiger partial charge in [-0.05, 0) is 13.3 Å². The molecular formula is C6H10F2N2. The first-order valence-electron chi connectivity index (χ1n) is 3.19. The van der Waals surface area contributed by atoms with Crippen molar-refractivity contribution >= 4 is 5.84 Å². The van der Waals surface area contributed by atoms with Gasteiger partial charge in [-0.2, -0.15) is 0 Å². The van der Waals surface area contributed by atoms with E-state index in [1.807, 2.05) is 0 Å². The summed E-state index contributed by atoms with van der Waals surface area (Å²) in [5.41, 5.74) is 5.20. The minimum absolute atomic E-state index is 0.204. The number of nitrogens with zero attached hydrogens (tertiary/aromatic N) is 1. The first-order chi connectivity index (χ1) is 4.61. The largest absolute Gasteiger partial charge is 0.388 e. The van der Waals surface area contributed by atoms with Crippen LogP contribution in [0.15, 0.2) is 4.99 Å². The van der Waals surface area contributed by atoms with Gasteiger partial charge in [-0.15, -0.1) is 0 Å². The third kappa shape index (κ3) is 1.65. The average molecular weight is 148 g/mol. The average Bonchev–Trinajstić information content (AvgIpc) is 2.43. The van der Waals surface area contributed by atoms with Gasteiger partial charge in [-0.25, -0.2) is 8.78 Å². The molecule has 2 atom stereocenters. The molecule has 1 aliphatic carbocycles. The van der Waals surface area contributed by atoms with Gasteiger partial charge in [-0.1, -0.05) is 0 Å². The van der Waals surface area contributed by atoms with Crippen LogP contribution in [0.1, 0.15) is 13.3 Å². The summed E-state index contributed by atoms with van der Waals surface area (Å²) in [7, 11) is 0. The van der Waals surface area contributed by atoms with E-state index in [9.17, 15) is 8.78 Å². The number of alkyl halides is 2. The molecule has 0 aromatic rings. The van der Waals surface area contributed by atoms with Gasteiger partial charge in [0, 0.05) is 5.92 Å². The fraction of sp³-hybridized carbons (Fsp3) is 0.833. The Hall–Kier alpha value is -0.670. The maximum absolute atomic E-state index is 11.8. The van der Waals surface area contributed by atoms with E-state index >= 15 is 0 Å². The molecule has 0 bridgehead atoms. The van der Waals surface area contributed by atoms with Crippen molar-refractivity contribution < 1.29 is 8.78 Å². The molecule has 1 aliphatic rings. The molecule has 0 aliphatic heterocycles. The molecule has 58 valence electrons. The second-order valence-corrected chi connectivity index (χ2v) is 2.57. The van der Waals surface area contributed by atoms with Crippen LogP contribution in [0.25, 0.3) is 0 Å². The summed E-state index contributed by atoms with van der Waals surface area (Å²) in [5, 5.41) is 0. The van der Waals surface area contributed by atoms with E-state index in [2.05, 4.69) is 4.99 Å². The predicted octanol–water partition coefficient (Wildman–Crippen LogP) is 1.02. The highest BCUT2D eigenvalue weighted by Crippen LogP contribution is 2.38. The molecule has 10 heavy (non-hydrogen) atoms. The van der Waals surface area contributed by atoms with E-state index < -0.39 is 12.3 Å². The SMILES string of the molecule is CC(N)=N[C@H]1C[C@@H]1C(F)F. The smallest absolute Gasteiger partial charge is 0.243 e. The van der Waals surface area contributed by atoms with Gasteiger partial charge in [0.2, 0.25) is 6.43 Å². The minimum atomic E-state index is -2.23. The van der Waals surface area contributed by atoms with Crippen LogP contribution < -0.4 is 5.73 Å². The van der Waals surface area contributed by atoms with Gasteiger partial charge in [0.1, 0.15) is 0 Å². The van der Waals surface area contributed by atoms with Gasteiger partial charge in [0.15, 0.2) is 0 Å². The van der Waals surface area contributed by atoms with Gasteiger partial charge in [0.25, 0.3) is 0 Å². The Kier molecular flexibility index (Phi) is 1.87. The number of rotatable bonds is 2. The summed E-state index contributed by atoms with van der Waals surface area (Å²) in [4.78, 5) is 3.81. The number of halogens is 2. The van der Waals surface area contributed by atoms with Crippen LogP contribution in [0, 0.1) is 5.92 Å². The lowest BCUT2D eigenvalue weighted by molar-refractivity contribution is 0.121. The Morgan fingerprint density at radius 1 is 1.70 bits per heavy atom. The van der Waals surface area contributed by atoms with Crippen molar-refractivity contribution in [2.45, 2.75) is 25.8 Å². The Morgan fingerprint density at radius 2 is 2.30 bits per heavy atom. The fourth-order valence-corrected chi connectivity index (χ4v) is 0.881. The van der Waals surface area contributed by atoms with Crippen molar-refractivity contribution in [3.63, 3.8) is 0 Å². The first kappa shape index (κ1) is 7.44. The normalized spacial score (nSPS) is 33.0. The van der Waals surface area contributed by atoms with Crippen LogP contribution in [-0.2, 0) is 0 Å². The number of aliphatic imine (C=N–C) groups is 1. The lowest BCUT2D eigenvalue weighted by Crippen LogP contribution is -2.08. The van der Waals surface area contributed by atoms with Crippen LogP contribution in [-0.4, -0.2) is 18.3 Å². The molecule has 0 spiro atoms. The summed E-state index contributed by atoms with van der Waals surface area (Å²) in [5.74, 6) is -0.133. The third-order valence-electron chi connectivity index (χ3n) is 1.50. The number of hydrogen-bond acceptors (Lipinski definition) is 1. The second kappa shape index (κ2) is 2.52. The highest BCUT2D eigenvalue weighted by atomic mass is 19.3. The van der Waals surface area contributed by atoms with E-state index in [1.54, 1.807) is 6.92 Å². The molecule has 0 heterocycles. The lowest BCUT2D eigenvalue weighted by Gasteiger charge is -1.92. The molecule has 1 rings (SSSR count). The molecule has 0 amide bonds. The minimum Gasteiger partial charge on any atom is -0.388 e. The van der Waals surface area contributed by atoms with Gasteiger partial charge in [-0.3, -0.25) is 4.99 Å². The summed E-state index contributed by atoms with van der Waals surface area (Å²) in [6.07, 6.45) is -1.74. The van der Waals surface area contributed by atoms with Crippen LogP contribution >= 0.6 is 0 Å². The number of nitrogens with two attached hydrogens (primary N) is 1. The number of amidine groups is 1. The quantitative estimate of drug-likeness (QED) is 0.460. The maximum Gasteiger partial charge on any atom is 0.243 e. The molecule has 0 saturated heterocycles. The van der Waals surface area contributed by atoms with Gasteiger partial charge >= 0.3 is 0 Å². The molecule has 2 N–H and O–H groups in total. The summed E-state index contributed by atoms with van der Waals surface area (Å²) in [6.45, 7) is 1.61. The fourth-order valence-electron chi connectivity index (χ4n) is 0.881. The molecule has 0 aromatic carbocycles. The molecule has 0 unspecified atom stereocenters. The van der Waals surface area contributed by atoms with E-state index in [1.165, 1.54) is 0 Å². The molecule has 1 saturated carbocycles. The van der Waals surface area contributed by atoms with E-state index in [0.29, 0.717) is 12.3 Å². The van der Waals surface area contributed by atoms with Crippen LogP contribution in [0.2, 0.25) is 0 Å². The molecule has 0 aromatic heterocycles. The number of hydrogen-bond donors (Lipinski definition) is 1. The molecular weight excluding hydrogens is 138 g/mol. The molecule has 2 nitrogen and oxygen atoms in total. The van der Waals surface area contributed by atoms with Crippen molar-refractivity contribution in [1.29, 1.82) is 0 Å². The van der Waals surface area contributed by atoms with E-state index in [4.69, 9.17) is 5.73 Å². The topological polar surface area (TPSA) is 38.4 Å². The maximum atomic E-state index is 11.8. The third-order valence-corrected chi connectivity index (χ3v) is 1.50. The second-order valence-electron chi connectivity index (χ2n) is 2.57. The molecule has 4 heteroatoms. The zero-order chi connectivity index (χ0) is 7.72. The van der Waals surface area contributed by atoms with Crippen molar-refractivity contribution in [1.82, 2.24) is 0 Å². The first-order valence-corrected chi connectivity index (χ1v) is 3.19. The molecule has 1 fully saturated rings. The zero-order valence-corrected chi connectivity index (χ0v) is 5.72. The van der Waals surface area contributed by atoms with Crippen molar-refractivity contribution in [2.75, 3.05) is 0 Å². The predicted molar refractivity (Wildman–Crippen MR) is 35.2 cm³/mol. The van der Waals surface area contributed by atoms with Gasteiger partial charge < -0.3 is 5.73 Å². The van der Waals surface area contributed by atoms with Crippen LogP contribution in [0.3, 0.4) is 0 Å². The highest BCUT2D eigenvalue weighted by molar-refractivity contribution is 5.77. The van der Waals surface area contributed by atoms with Crippen LogP contribution in [0.5, 0.6) is 0 Å². The Labute approximate surface area is 58.1 Å². The Morgan fingerprint density at radius 3 is 2.60 bits per heavy atom. The van der Waals surface area contributed by atoms with Crippen molar-refractivity contribution in [2.24, 2.45) is 16.6 Å². The summed E-state index contributed by atoms with van der Waals surface area (Å²) >= 11 is 0. The molecule has 0 radical (unpaired) electrons. The van der Waals surface area contributed by atoms with E-state index in [0.717, 1.165) is 0 Å². The van der Waals surface area contributed by atoms with Crippen molar-refractivity contribution in [3.8, 4) is 0 Å². The lowest BCUT2D eigenvalue weighted by atomic mass is 10.4. The highest BCUT2D eigenvalue weighted by Gasteiger charge is 2.44. The Bertz CT molecular complexity index is 152. The van der Waals surface area contributed by atoms with Gasteiger partial charge in [0.05, 0.1) is 11.9 Å².